The van der Waals surface area contributed by atoms with Crippen LogP contribution >= 0.6 is 11.8 Å². The molecule has 0 radical (unpaired) electrons. The first-order chi connectivity index (χ1) is 18.0. The number of thioether (sulfide) groups is 1. The van der Waals surface area contributed by atoms with Crippen molar-refractivity contribution in [2.45, 2.75) is 50.2 Å². The Labute approximate surface area is 229 Å². The van der Waals surface area contributed by atoms with Crippen molar-refractivity contribution >= 4 is 32.0 Å². The van der Waals surface area contributed by atoms with Crippen LogP contribution in [0.25, 0.3) is 0 Å². The third-order valence-corrected chi connectivity index (χ3v) is 9.01. The molecule has 7 nitrogen and oxygen atoms in total. The number of ether oxygens (including phenoxy) is 2. The van der Waals surface area contributed by atoms with E-state index in [0.717, 1.165) is 10.5 Å². The van der Waals surface area contributed by atoms with Crippen molar-refractivity contribution in [1.82, 2.24) is 4.90 Å². The molecule has 0 N–H and O–H groups in total. The number of pyridine rings is 1. The van der Waals surface area contributed by atoms with Crippen LogP contribution in [0.2, 0.25) is 19.6 Å². The predicted octanol–water partition coefficient (Wildman–Crippen LogP) is 4.28. The molecule has 0 spiro atoms. The Balaban J connectivity index is 1.60. The maximum atomic E-state index is 14.7. The van der Waals surface area contributed by atoms with Gasteiger partial charge < -0.3 is 18.8 Å². The molecule has 0 saturated carbocycles. The fourth-order valence-electron chi connectivity index (χ4n) is 5.14. The van der Waals surface area contributed by atoms with E-state index in [2.05, 4.69) is 19.6 Å². The minimum absolute atomic E-state index is 0.0352. The number of carbonyl (C=O) groups is 2. The number of methoxy groups -OCH3 is 1. The van der Waals surface area contributed by atoms with Crippen LogP contribution in [0.3, 0.4) is 0 Å². The average Bonchev–Trinajstić information content (AvgIpc) is 3.15. The van der Waals surface area contributed by atoms with E-state index in [4.69, 9.17) is 13.9 Å². The quantitative estimate of drug-likeness (QED) is 0.135. The van der Waals surface area contributed by atoms with Crippen LogP contribution in [0.1, 0.15) is 12.5 Å². The maximum Gasteiger partial charge on any atom is 0.355 e. The second-order valence-corrected chi connectivity index (χ2v) is 16.2. The Kier molecular flexibility index (Phi) is 8.64. The third kappa shape index (κ3) is 5.97. The molecule has 0 bridgehead atoms. The number of amides is 1. The lowest BCUT2D eigenvalue weighted by Crippen LogP contribution is -2.65. The highest BCUT2D eigenvalue weighted by atomic mass is 32.2. The lowest BCUT2D eigenvalue weighted by Gasteiger charge is -2.48. The topological polar surface area (TPSA) is 69.0 Å². The van der Waals surface area contributed by atoms with E-state index in [1.54, 1.807) is 19.2 Å². The van der Waals surface area contributed by atoms with Gasteiger partial charge >= 0.3 is 5.97 Å². The van der Waals surface area contributed by atoms with E-state index in [1.807, 2.05) is 55.2 Å². The number of hydrogen-bond donors (Lipinski definition) is 0. The van der Waals surface area contributed by atoms with Crippen LogP contribution in [0.15, 0.2) is 65.0 Å². The van der Waals surface area contributed by atoms with E-state index >= 15 is 0 Å². The summed E-state index contributed by atoms with van der Waals surface area (Å²) < 4.78 is 33.7. The van der Waals surface area contributed by atoms with Gasteiger partial charge in [0.15, 0.2) is 20.7 Å². The molecule has 1 aromatic heterocycles. The molecule has 2 aliphatic rings. The van der Waals surface area contributed by atoms with Crippen LogP contribution in [0.5, 0.6) is 5.75 Å². The highest BCUT2D eigenvalue weighted by Gasteiger charge is 2.61. The predicted molar refractivity (Wildman–Crippen MR) is 146 cm³/mol. The third-order valence-electron chi connectivity index (χ3n) is 6.87. The molecule has 0 aliphatic carbocycles. The first-order valence-corrected chi connectivity index (χ1v) is 17.1. The van der Waals surface area contributed by atoms with Gasteiger partial charge in [0.1, 0.15) is 25.1 Å². The molecule has 0 unspecified atom stereocenters. The van der Waals surface area contributed by atoms with Crippen molar-refractivity contribution in [3.63, 3.8) is 0 Å². The van der Waals surface area contributed by atoms with Crippen molar-refractivity contribution < 1.29 is 32.4 Å². The zero-order chi connectivity index (χ0) is 27.6. The largest absolute Gasteiger partial charge is 0.497 e. The standard InChI is InChI=1S/C28H36FN2O5SSi/c1-18(36-38(4,5)6)24-25-22(15-29)23(17-37-21-11-13-30(2)14-12-21)26(31(25)27(24)32)28(33)35-16-19-7-9-20(34-3)10-8-19/h7-14,18,22,24-25H,15-17H2,1-6H3/q+1/t18-,22+,24-,25-/m1/s1. The Morgan fingerprint density at radius 1 is 1.16 bits per heavy atom. The molecule has 2 aromatic rings. The zero-order valence-electron chi connectivity index (χ0n) is 22.8. The van der Waals surface area contributed by atoms with Crippen molar-refractivity contribution in [1.29, 1.82) is 0 Å². The van der Waals surface area contributed by atoms with Gasteiger partial charge in [0, 0.05) is 28.7 Å². The summed E-state index contributed by atoms with van der Waals surface area (Å²) in [6.07, 6.45) is 3.51. The monoisotopic (exact) mass is 559 g/mol. The maximum absolute atomic E-state index is 14.7. The van der Waals surface area contributed by atoms with Crippen LogP contribution < -0.4 is 9.30 Å². The molecule has 1 fully saturated rings. The van der Waals surface area contributed by atoms with Crippen LogP contribution in [0.4, 0.5) is 4.39 Å². The summed E-state index contributed by atoms with van der Waals surface area (Å²) in [5.41, 5.74) is 1.59. The van der Waals surface area contributed by atoms with Crippen molar-refractivity contribution in [2.75, 3.05) is 19.5 Å². The Morgan fingerprint density at radius 3 is 2.39 bits per heavy atom. The summed E-state index contributed by atoms with van der Waals surface area (Å²) in [5.74, 6) is -0.810. The van der Waals surface area contributed by atoms with Gasteiger partial charge in [0.2, 0.25) is 5.91 Å². The molecule has 1 saturated heterocycles. The molecule has 4 atom stereocenters. The fourth-order valence-corrected chi connectivity index (χ4v) is 7.39. The Morgan fingerprint density at radius 2 is 1.82 bits per heavy atom. The van der Waals surface area contributed by atoms with Gasteiger partial charge in [-0.1, -0.05) is 12.1 Å². The number of alkyl halides is 1. The lowest BCUT2D eigenvalue weighted by atomic mass is 9.77. The summed E-state index contributed by atoms with van der Waals surface area (Å²) in [6.45, 7) is 7.44. The van der Waals surface area contributed by atoms with Gasteiger partial charge in [-0.2, -0.15) is 0 Å². The molecule has 10 heteroatoms. The number of carbonyl (C=O) groups excluding carboxylic acids is 2. The van der Waals surface area contributed by atoms with E-state index in [9.17, 15) is 14.0 Å². The van der Waals surface area contributed by atoms with E-state index in [1.165, 1.54) is 16.7 Å². The summed E-state index contributed by atoms with van der Waals surface area (Å²) in [7, 11) is 1.59. The van der Waals surface area contributed by atoms with E-state index < -0.39 is 38.8 Å². The number of rotatable bonds is 11. The Bertz CT molecular complexity index is 1200. The molecular formula is C28H36FN2O5SSi+. The number of halogens is 1. The molecule has 1 amide bonds. The zero-order valence-corrected chi connectivity index (χ0v) is 24.6. The summed E-state index contributed by atoms with van der Waals surface area (Å²) >= 11 is 1.52. The van der Waals surface area contributed by atoms with Crippen LogP contribution in [-0.2, 0) is 32.4 Å². The normalized spacial score (nSPS) is 21.7. The molecular weight excluding hydrogens is 523 g/mol. The molecule has 1 aromatic carbocycles. The minimum atomic E-state index is -1.93. The molecule has 2 aliphatic heterocycles. The number of nitrogens with zero attached hydrogens (tertiary/aromatic N) is 2. The average molecular weight is 560 g/mol. The number of aryl methyl sites for hydroxylation is 1. The number of aromatic nitrogens is 1. The highest BCUT2D eigenvalue weighted by Crippen LogP contribution is 2.49. The second-order valence-electron chi connectivity index (χ2n) is 10.7. The van der Waals surface area contributed by atoms with Gasteiger partial charge in [0.05, 0.1) is 31.8 Å². The lowest BCUT2D eigenvalue weighted by molar-refractivity contribution is -0.671. The number of β-lactam (4-membered cyclic amide) rings is 1. The van der Waals surface area contributed by atoms with Crippen LogP contribution in [-0.4, -0.2) is 56.8 Å². The highest BCUT2D eigenvalue weighted by molar-refractivity contribution is 7.99. The van der Waals surface area contributed by atoms with Crippen molar-refractivity contribution in [3.05, 3.63) is 65.6 Å². The number of hydrogen-bond acceptors (Lipinski definition) is 6. The van der Waals surface area contributed by atoms with E-state index in [0.29, 0.717) is 17.1 Å². The van der Waals surface area contributed by atoms with Gasteiger partial charge in [0.25, 0.3) is 0 Å². The van der Waals surface area contributed by atoms with Gasteiger partial charge in [-0.25, -0.2) is 9.36 Å². The summed E-state index contributed by atoms with van der Waals surface area (Å²) in [6, 6.07) is 10.7. The first kappa shape index (κ1) is 28.3. The molecule has 3 heterocycles. The molecule has 4 rings (SSSR count). The van der Waals surface area contributed by atoms with E-state index in [-0.39, 0.29) is 24.3 Å². The number of fused-ring (bicyclic) bond motifs is 1. The van der Waals surface area contributed by atoms with Crippen LogP contribution in [0, 0.1) is 11.8 Å². The molecule has 38 heavy (non-hydrogen) atoms. The second kappa shape index (κ2) is 11.6. The Hall–Kier alpha value is -2.69. The van der Waals surface area contributed by atoms with Crippen molar-refractivity contribution in [2.24, 2.45) is 18.9 Å². The minimum Gasteiger partial charge on any atom is -0.497 e. The van der Waals surface area contributed by atoms with Gasteiger partial charge in [-0.3, -0.25) is 9.18 Å². The fraction of sp³-hybridized carbons (Fsp3) is 0.464. The van der Waals surface area contributed by atoms with Gasteiger partial charge in [-0.15, -0.1) is 11.8 Å². The first-order valence-electron chi connectivity index (χ1n) is 12.7. The number of esters is 1. The summed E-state index contributed by atoms with van der Waals surface area (Å²) in [4.78, 5) is 29.3. The van der Waals surface area contributed by atoms with Gasteiger partial charge in [-0.05, 0) is 49.8 Å². The summed E-state index contributed by atoms with van der Waals surface area (Å²) in [5, 5.41) is 0. The SMILES string of the molecule is COc1ccc(COC(=O)C2=C(CSc3cc[n+](C)cc3)[C@H](CF)[C@@H]3[C@@H]([C@@H](C)O[Si](C)(C)C)C(=O)N23)cc1. The molecule has 204 valence electrons. The number of benzene rings is 1. The smallest absolute Gasteiger partial charge is 0.355 e. The van der Waals surface area contributed by atoms with Crippen molar-refractivity contribution in [3.8, 4) is 5.75 Å².